The molecule has 6 nitrogen and oxygen atoms in total. The van der Waals surface area contributed by atoms with E-state index in [9.17, 15) is 9.59 Å². The smallest absolute Gasteiger partial charge is 0.325 e. The van der Waals surface area contributed by atoms with E-state index in [1.807, 2.05) is 12.1 Å². The summed E-state index contributed by atoms with van der Waals surface area (Å²) in [6.45, 7) is 1.72. The summed E-state index contributed by atoms with van der Waals surface area (Å²) >= 11 is 5.80. The number of aliphatic carboxylic acids is 1. The molecular formula is C14H19ClN2O4. The second-order valence-corrected chi connectivity index (χ2v) is 5.03. The molecule has 1 aromatic carbocycles. The highest BCUT2D eigenvalue weighted by Crippen LogP contribution is 2.10. The van der Waals surface area contributed by atoms with E-state index in [2.05, 4.69) is 5.32 Å². The number of nitrogens with zero attached hydrogens (tertiary/aromatic N) is 1. The van der Waals surface area contributed by atoms with Gasteiger partial charge in [0.25, 0.3) is 0 Å². The lowest BCUT2D eigenvalue weighted by atomic mass is 10.1. The van der Waals surface area contributed by atoms with E-state index in [0.29, 0.717) is 18.0 Å². The van der Waals surface area contributed by atoms with Gasteiger partial charge in [0.05, 0.1) is 6.61 Å². The summed E-state index contributed by atoms with van der Waals surface area (Å²) in [4.78, 5) is 24.1. The topological polar surface area (TPSA) is 89.9 Å². The van der Waals surface area contributed by atoms with E-state index in [1.165, 1.54) is 11.8 Å². The fourth-order valence-corrected chi connectivity index (χ4v) is 1.81. The Morgan fingerprint density at radius 1 is 1.29 bits per heavy atom. The predicted octanol–water partition coefficient (Wildman–Crippen LogP) is 1.36. The van der Waals surface area contributed by atoms with E-state index < -0.39 is 18.0 Å². The van der Waals surface area contributed by atoms with Crippen molar-refractivity contribution in [3.8, 4) is 0 Å². The van der Waals surface area contributed by atoms with Gasteiger partial charge in [-0.1, -0.05) is 23.7 Å². The molecule has 1 rings (SSSR count). The van der Waals surface area contributed by atoms with Gasteiger partial charge in [0, 0.05) is 18.1 Å². The Bertz CT molecular complexity index is 478. The van der Waals surface area contributed by atoms with Gasteiger partial charge in [-0.05, 0) is 31.0 Å². The first kappa shape index (κ1) is 17.3. The number of amides is 2. The molecule has 0 fully saturated rings. The van der Waals surface area contributed by atoms with Crippen LogP contribution in [0.15, 0.2) is 24.3 Å². The Labute approximate surface area is 128 Å². The van der Waals surface area contributed by atoms with Crippen molar-refractivity contribution in [2.75, 3.05) is 19.7 Å². The van der Waals surface area contributed by atoms with Gasteiger partial charge in [0.2, 0.25) is 0 Å². The van der Waals surface area contributed by atoms with Crippen LogP contribution in [-0.2, 0) is 11.2 Å². The van der Waals surface area contributed by atoms with E-state index in [1.54, 1.807) is 12.1 Å². The van der Waals surface area contributed by atoms with Crippen LogP contribution < -0.4 is 5.32 Å². The molecule has 0 aliphatic heterocycles. The number of rotatable bonds is 7. The van der Waals surface area contributed by atoms with Crippen LogP contribution in [0.25, 0.3) is 0 Å². The fraction of sp³-hybridized carbons (Fsp3) is 0.429. The molecule has 0 saturated heterocycles. The van der Waals surface area contributed by atoms with E-state index >= 15 is 0 Å². The van der Waals surface area contributed by atoms with Gasteiger partial charge in [-0.3, -0.25) is 4.79 Å². The number of carboxylic acid groups (broad SMARTS) is 1. The van der Waals surface area contributed by atoms with Gasteiger partial charge in [-0.15, -0.1) is 0 Å². The monoisotopic (exact) mass is 314 g/mol. The minimum Gasteiger partial charge on any atom is -0.480 e. The molecule has 0 bridgehead atoms. The number of halogens is 1. The lowest BCUT2D eigenvalue weighted by Crippen LogP contribution is -2.48. The zero-order chi connectivity index (χ0) is 15.8. The molecule has 1 aromatic rings. The number of nitrogens with one attached hydrogen (secondary N) is 1. The zero-order valence-electron chi connectivity index (χ0n) is 11.8. The third-order valence-electron chi connectivity index (χ3n) is 2.95. The quantitative estimate of drug-likeness (QED) is 0.709. The number of carbonyl (C=O) groups excluding carboxylic acids is 1. The Morgan fingerprint density at radius 3 is 2.43 bits per heavy atom. The lowest BCUT2D eigenvalue weighted by molar-refractivity contribution is -0.138. The van der Waals surface area contributed by atoms with Gasteiger partial charge in [0.1, 0.15) is 6.04 Å². The standard InChI is InChI=1S/C14H19ClN2O4/c1-10(13(19)20)16-14(21)17(8-9-18)7-6-11-2-4-12(15)5-3-11/h2-5,10,18H,6-9H2,1H3,(H,16,21)(H,19,20)/t10-/m0/s1. The minimum atomic E-state index is -1.11. The molecule has 0 unspecified atom stereocenters. The van der Waals surface area contributed by atoms with E-state index in [-0.39, 0.29) is 13.2 Å². The van der Waals surface area contributed by atoms with Crippen LogP contribution in [0.1, 0.15) is 12.5 Å². The second-order valence-electron chi connectivity index (χ2n) is 4.60. The third kappa shape index (κ3) is 6.01. The maximum atomic E-state index is 11.9. The SMILES string of the molecule is C[C@H](NC(=O)N(CCO)CCc1ccc(Cl)cc1)C(=O)O. The highest BCUT2D eigenvalue weighted by molar-refractivity contribution is 6.30. The van der Waals surface area contributed by atoms with Crippen molar-refractivity contribution in [1.29, 1.82) is 0 Å². The molecule has 0 spiro atoms. The number of aliphatic hydroxyl groups is 1. The summed E-state index contributed by atoms with van der Waals surface area (Å²) in [5, 5.41) is 20.8. The molecule has 0 radical (unpaired) electrons. The second kappa shape index (κ2) is 8.49. The number of aliphatic hydroxyl groups excluding tert-OH is 1. The van der Waals surface area contributed by atoms with Crippen LogP contribution in [-0.4, -0.2) is 52.9 Å². The summed E-state index contributed by atoms with van der Waals surface area (Å²) in [6.07, 6.45) is 0.589. The summed E-state index contributed by atoms with van der Waals surface area (Å²) in [6, 6.07) is 5.76. The predicted molar refractivity (Wildman–Crippen MR) is 79.4 cm³/mol. The molecule has 1 atom stereocenters. The Kier molecular flexibility index (Phi) is 6.98. The fourth-order valence-electron chi connectivity index (χ4n) is 1.69. The largest absolute Gasteiger partial charge is 0.480 e. The third-order valence-corrected chi connectivity index (χ3v) is 3.20. The van der Waals surface area contributed by atoms with Crippen molar-refractivity contribution in [2.24, 2.45) is 0 Å². The highest BCUT2D eigenvalue weighted by atomic mass is 35.5. The molecule has 3 N–H and O–H groups in total. The number of hydrogen-bond acceptors (Lipinski definition) is 3. The average molecular weight is 315 g/mol. The molecule has 7 heteroatoms. The molecule has 0 aliphatic carbocycles. The molecule has 2 amide bonds. The normalized spacial score (nSPS) is 11.8. The van der Waals surface area contributed by atoms with Gasteiger partial charge < -0.3 is 20.4 Å². The number of carboxylic acids is 1. The number of carbonyl (C=O) groups is 2. The van der Waals surface area contributed by atoms with Crippen molar-refractivity contribution in [2.45, 2.75) is 19.4 Å². The first-order valence-electron chi connectivity index (χ1n) is 6.57. The van der Waals surface area contributed by atoms with Crippen LogP contribution in [0.3, 0.4) is 0 Å². The van der Waals surface area contributed by atoms with Gasteiger partial charge in [0.15, 0.2) is 0 Å². The van der Waals surface area contributed by atoms with Crippen molar-refractivity contribution in [3.05, 3.63) is 34.9 Å². The Hall–Kier alpha value is -1.79. The molecule has 0 aromatic heterocycles. The number of benzene rings is 1. The first-order chi connectivity index (χ1) is 9.93. The summed E-state index contributed by atoms with van der Waals surface area (Å²) < 4.78 is 0. The van der Waals surface area contributed by atoms with Crippen LogP contribution in [0.4, 0.5) is 4.79 Å². The number of hydrogen-bond donors (Lipinski definition) is 3. The van der Waals surface area contributed by atoms with E-state index in [0.717, 1.165) is 5.56 Å². The summed E-state index contributed by atoms with van der Waals surface area (Å²) in [7, 11) is 0. The van der Waals surface area contributed by atoms with Crippen LogP contribution in [0.5, 0.6) is 0 Å². The maximum absolute atomic E-state index is 11.9. The molecular weight excluding hydrogens is 296 g/mol. The summed E-state index contributed by atoms with van der Waals surface area (Å²) in [5.74, 6) is -1.11. The van der Waals surface area contributed by atoms with Gasteiger partial charge in [-0.2, -0.15) is 0 Å². The zero-order valence-corrected chi connectivity index (χ0v) is 12.5. The first-order valence-corrected chi connectivity index (χ1v) is 6.95. The van der Waals surface area contributed by atoms with Crippen LogP contribution in [0.2, 0.25) is 5.02 Å². The van der Waals surface area contributed by atoms with Crippen LogP contribution in [0, 0.1) is 0 Å². The summed E-state index contributed by atoms with van der Waals surface area (Å²) in [5.41, 5.74) is 1.00. The lowest BCUT2D eigenvalue weighted by Gasteiger charge is -2.23. The minimum absolute atomic E-state index is 0.145. The maximum Gasteiger partial charge on any atom is 0.325 e. The average Bonchev–Trinajstić information content (AvgIpc) is 2.44. The van der Waals surface area contributed by atoms with Crippen molar-refractivity contribution in [3.63, 3.8) is 0 Å². The molecule has 0 saturated carbocycles. The van der Waals surface area contributed by atoms with Gasteiger partial charge in [-0.25, -0.2) is 4.79 Å². The Morgan fingerprint density at radius 2 is 1.90 bits per heavy atom. The molecule has 21 heavy (non-hydrogen) atoms. The van der Waals surface area contributed by atoms with Crippen molar-refractivity contribution < 1.29 is 19.8 Å². The van der Waals surface area contributed by atoms with Crippen molar-refractivity contribution >= 4 is 23.6 Å². The Balaban J connectivity index is 2.58. The molecule has 0 aliphatic rings. The van der Waals surface area contributed by atoms with E-state index in [4.69, 9.17) is 21.8 Å². The number of urea groups is 1. The molecule has 0 heterocycles. The van der Waals surface area contributed by atoms with Crippen molar-refractivity contribution in [1.82, 2.24) is 10.2 Å². The van der Waals surface area contributed by atoms with Crippen LogP contribution >= 0.6 is 11.6 Å². The highest BCUT2D eigenvalue weighted by Gasteiger charge is 2.18. The van der Waals surface area contributed by atoms with Gasteiger partial charge >= 0.3 is 12.0 Å². The molecule has 116 valence electrons.